The molecule has 0 bridgehead atoms. The van der Waals surface area contributed by atoms with Gasteiger partial charge < -0.3 is 10.2 Å². The molecule has 0 spiro atoms. The Morgan fingerprint density at radius 1 is 1.32 bits per heavy atom. The first-order valence-electron chi connectivity index (χ1n) is 8.11. The van der Waals surface area contributed by atoms with Crippen molar-refractivity contribution in [3.8, 4) is 0 Å². The Bertz CT molecular complexity index is 757. The molecule has 0 aliphatic rings. The van der Waals surface area contributed by atoms with Crippen molar-refractivity contribution in [2.24, 2.45) is 0 Å². The Labute approximate surface area is 157 Å². The van der Waals surface area contributed by atoms with E-state index in [9.17, 15) is 4.79 Å². The van der Waals surface area contributed by atoms with Gasteiger partial charge >= 0.3 is 0 Å². The lowest BCUT2D eigenvalue weighted by atomic mass is 10.1. The molecule has 0 saturated carbocycles. The van der Waals surface area contributed by atoms with E-state index in [2.05, 4.69) is 48.1 Å². The first-order chi connectivity index (χ1) is 11.9. The van der Waals surface area contributed by atoms with Gasteiger partial charge in [0.2, 0.25) is 11.0 Å². The van der Waals surface area contributed by atoms with E-state index in [1.165, 1.54) is 34.2 Å². The zero-order chi connectivity index (χ0) is 18.4. The van der Waals surface area contributed by atoms with Crippen LogP contribution in [-0.4, -0.2) is 39.8 Å². The molecule has 0 unspecified atom stereocenters. The van der Waals surface area contributed by atoms with E-state index < -0.39 is 0 Å². The van der Waals surface area contributed by atoms with Gasteiger partial charge in [-0.2, -0.15) is 0 Å². The lowest BCUT2D eigenvalue weighted by Gasteiger charge is -2.20. The van der Waals surface area contributed by atoms with Gasteiger partial charge in [-0.1, -0.05) is 41.3 Å². The Balaban J connectivity index is 1.91. The summed E-state index contributed by atoms with van der Waals surface area (Å²) in [7, 11) is 0. The summed E-state index contributed by atoms with van der Waals surface area (Å²) < 4.78 is 0.783. The second-order valence-corrected chi connectivity index (χ2v) is 8.15. The van der Waals surface area contributed by atoms with Crippen LogP contribution in [0.2, 0.25) is 0 Å². The van der Waals surface area contributed by atoms with Crippen molar-refractivity contribution in [3.05, 3.63) is 41.5 Å². The predicted octanol–water partition coefficient (Wildman–Crippen LogP) is 4.42. The standard InChI is InChI=1S/C18H24N4OS2/c1-6-22(10-12(2)3)16(23)11-24-18-21-20-17(25-18)19-15-8-7-13(4)14(5)9-15/h7-9H,2,6,10-11H2,1,3-5H3,(H,19,20). The van der Waals surface area contributed by atoms with Crippen LogP contribution >= 0.6 is 23.1 Å². The number of aromatic nitrogens is 2. The molecule has 1 aromatic heterocycles. The van der Waals surface area contributed by atoms with Gasteiger partial charge in [0, 0.05) is 18.8 Å². The second-order valence-electron chi connectivity index (χ2n) is 5.95. The molecule has 1 heterocycles. The number of carbonyl (C=O) groups excluding carboxylic acids is 1. The third-order valence-electron chi connectivity index (χ3n) is 3.68. The van der Waals surface area contributed by atoms with E-state index in [0.29, 0.717) is 18.8 Å². The molecule has 0 aliphatic carbocycles. The topological polar surface area (TPSA) is 58.1 Å². The minimum absolute atomic E-state index is 0.0920. The van der Waals surface area contributed by atoms with Gasteiger partial charge in [0.25, 0.3) is 0 Å². The molecule has 7 heteroatoms. The van der Waals surface area contributed by atoms with Crippen LogP contribution in [0.5, 0.6) is 0 Å². The normalized spacial score (nSPS) is 10.6. The number of thioether (sulfide) groups is 1. The number of aryl methyl sites for hydroxylation is 2. The largest absolute Gasteiger partial charge is 0.338 e. The van der Waals surface area contributed by atoms with E-state index in [0.717, 1.165) is 20.7 Å². The van der Waals surface area contributed by atoms with Crippen molar-refractivity contribution < 1.29 is 4.79 Å². The Kier molecular flexibility index (Phi) is 7.01. The van der Waals surface area contributed by atoms with E-state index in [-0.39, 0.29) is 5.91 Å². The smallest absolute Gasteiger partial charge is 0.233 e. The summed E-state index contributed by atoms with van der Waals surface area (Å²) in [6.07, 6.45) is 0. The monoisotopic (exact) mass is 376 g/mol. The molecular weight excluding hydrogens is 352 g/mol. The Morgan fingerprint density at radius 2 is 2.08 bits per heavy atom. The SMILES string of the molecule is C=C(C)CN(CC)C(=O)CSc1nnc(Nc2ccc(C)c(C)c2)s1. The summed E-state index contributed by atoms with van der Waals surface area (Å²) in [5, 5.41) is 12.3. The number of benzene rings is 1. The highest BCUT2D eigenvalue weighted by Gasteiger charge is 2.14. The number of anilines is 2. The maximum absolute atomic E-state index is 12.3. The van der Waals surface area contributed by atoms with Crippen molar-refractivity contribution in [2.45, 2.75) is 32.0 Å². The highest BCUT2D eigenvalue weighted by molar-refractivity contribution is 8.01. The number of hydrogen-bond donors (Lipinski definition) is 1. The van der Waals surface area contributed by atoms with Crippen LogP contribution in [0.1, 0.15) is 25.0 Å². The molecule has 0 saturated heterocycles. The van der Waals surface area contributed by atoms with Crippen LogP contribution in [0.3, 0.4) is 0 Å². The molecule has 0 atom stereocenters. The quantitative estimate of drug-likeness (QED) is 0.546. The van der Waals surface area contributed by atoms with Gasteiger partial charge in [0.15, 0.2) is 4.34 Å². The highest BCUT2D eigenvalue weighted by Crippen LogP contribution is 2.28. The molecule has 134 valence electrons. The summed E-state index contributed by atoms with van der Waals surface area (Å²) in [5.41, 5.74) is 4.46. The Morgan fingerprint density at radius 3 is 2.72 bits per heavy atom. The molecule has 2 rings (SSSR count). The first-order valence-corrected chi connectivity index (χ1v) is 9.92. The fourth-order valence-electron chi connectivity index (χ4n) is 2.18. The van der Waals surface area contributed by atoms with Crippen molar-refractivity contribution in [1.82, 2.24) is 15.1 Å². The molecular formula is C18H24N4OS2. The van der Waals surface area contributed by atoms with Crippen molar-refractivity contribution in [1.29, 1.82) is 0 Å². The van der Waals surface area contributed by atoms with Gasteiger partial charge in [-0.15, -0.1) is 10.2 Å². The van der Waals surface area contributed by atoms with Crippen molar-refractivity contribution in [3.63, 3.8) is 0 Å². The van der Waals surface area contributed by atoms with Crippen LogP contribution < -0.4 is 5.32 Å². The fourth-order valence-corrected chi connectivity index (χ4v) is 3.85. The maximum Gasteiger partial charge on any atom is 0.233 e. The molecule has 1 aromatic carbocycles. The number of nitrogens with zero attached hydrogens (tertiary/aromatic N) is 3. The number of amides is 1. The summed E-state index contributed by atoms with van der Waals surface area (Å²) in [4.78, 5) is 14.1. The number of rotatable bonds is 8. The average Bonchev–Trinajstić information content (AvgIpc) is 3.01. The van der Waals surface area contributed by atoms with E-state index in [1.807, 2.05) is 19.9 Å². The molecule has 0 fully saturated rings. The molecule has 1 N–H and O–H groups in total. The number of carbonyl (C=O) groups is 1. The zero-order valence-corrected chi connectivity index (χ0v) is 16.8. The van der Waals surface area contributed by atoms with Gasteiger partial charge in [-0.3, -0.25) is 4.79 Å². The summed E-state index contributed by atoms with van der Waals surface area (Å²) in [5.74, 6) is 0.453. The van der Waals surface area contributed by atoms with Gasteiger partial charge in [-0.05, 0) is 51.0 Å². The minimum Gasteiger partial charge on any atom is -0.338 e. The van der Waals surface area contributed by atoms with Crippen LogP contribution in [0, 0.1) is 13.8 Å². The van der Waals surface area contributed by atoms with E-state index >= 15 is 0 Å². The summed E-state index contributed by atoms with van der Waals surface area (Å²) >= 11 is 2.87. The van der Waals surface area contributed by atoms with E-state index in [1.54, 1.807) is 4.90 Å². The lowest BCUT2D eigenvalue weighted by molar-refractivity contribution is -0.127. The van der Waals surface area contributed by atoms with Crippen molar-refractivity contribution >= 4 is 39.8 Å². The minimum atomic E-state index is 0.0920. The third kappa shape index (κ3) is 5.86. The molecule has 1 amide bonds. The average molecular weight is 377 g/mol. The van der Waals surface area contributed by atoms with E-state index in [4.69, 9.17) is 0 Å². The molecule has 0 radical (unpaired) electrons. The first kappa shape index (κ1) is 19.5. The van der Waals surface area contributed by atoms with Crippen LogP contribution in [0.4, 0.5) is 10.8 Å². The highest BCUT2D eigenvalue weighted by atomic mass is 32.2. The number of likely N-dealkylation sites (N-methyl/N-ethyl adjacent to an activating group) is 1. The fraction of sp³-hybridized carbons (Fsp3) is 0.389. The maximum atomic E-state index is 12.3. The van der Waals surface area contributed by atoms with Crippen LogP contribution in [0.15, 0.2) is 34.7 Å². The molecule has 0 aliphatic heterocycles. The number of nitrogens with one attached hydrogen (secondary N) is 1. The zero-order valence-electron chi connectivity index (χ0n) is 15.1. The van der Waals surface area contributed by atoms with Crippen molar-refractivity contribution in [2.75, 3.05) is 24.2 Å². The molecule has 25 heavy (non-hydrogen) atoms. The Hall–Kier alpha value is -1.86. The summed E-state index contributed by atoms with van der Waals surface area (Å²) in [6.45, 7) is 13.2. The summed E-state index contributed by atoms with van der Waals surface area (Å²) in [6, 6.07) is 6.19. The van der Waals surface area contributed by atoms with Gasteiger partial charge in [0.05, 0.1) is 5.75 Å². The molecule has 5 nitrogen and oxygen atoms in total. The van der Waals surface area contributed by atoms with Crippen LogP contribution in [-0.2, 0) is 4.79 Å². The second kappa shape index (κ2) is 9.01. The number of hydrogen-bond acceptors (Lipinski definition) is 6. The van der Waals surface area contributed by atoms with Gasteiger partial charge in [-0.25, -0.2) is 0 Å². The molecule has 2 aromatic rings. The lowest BCUT2D eigenvalue weighted by Crippen LogP contribution is -2.33. The predicted molar refractivity (Wildman–Crippen MR) is 107 cm³/mol. The van der Waals surface area contributed by atoms with Gasteiger partial charge in [0.1, 0.15) is 0 Å². The van der Waals surface area contributed by atoms with Crippen LogP contribution in [0.25, 0.3) is 0 Å². The third-order valence-corrected chi connectivity index (χ3v) is 5.64.